The first-order chi connectivity index (χ1) is 9.24. The van der Waals surface area contributed by atoms with Crippen LogP contribution in [0.15, 0.2) is 18.3 Å². The van der Waals surface area contributed by atoms with E-state index in [2.05, 4.69) is 9.88 Å². The molecule has 1 aromatic heterocycles. The Balaban J connectivity index is 2.10. The third-order valence-electron chi connectivity index (χ3n) is 3.60. The van der Waals surface area contributed by atoms with E-state index < -0.39 is 5.97 Å². The number of hydrogen-bond acceptors (Lipinski definition) is 5. The monoisotopic (exact) mass is 263 g/mol. The number of carbonyl (C=O) groups excluding carboxylic acids is 1. The molecule has 0 amide bonds. The van der Waals surface area contributed by atoms with Gasteiger partial charge in [-0.25, -0.2) is 9.78 Å². The third-order valence-corrected chi connectivity index (χ3v) is 3.60. The summed E-state index contributed by atoms with van der Waals surface area (Å²) in [4.78, 5) is 17.8. The summed E-state index contributed by atoms with van der Waals surface area (Å²) in [6.45, 7) is 2.76. The number of anilines is 1. The number of nitrogens with two attached hydrogens (primary N) is 1. The van der Waals surface area contributed by atoms with E-state index >= 15 is 0 Å². The van der Waals surface area contributed by atoms with Gasteiger partial charge in [-0.3, -0.25) is 0 Å². The van der Waals surface area contributed by atoms with E-state index in [1.807, 2.05) is 6.07 Å². The number of ether oxygens (including phenoxy) is 1. The molecule has 5 nitrogen and oxygen atoms in total. The molecule has 5 heteroatoms. The van der Waals surface area contributed by atoms with Crippen molar-refractivity contribution < 1.29 is 9.53 Å². The van der Waals surface area contributed by atoms with Crippen LogP contribution in [0.25, 0.3) is 0 Å². The predicted molar refractivity (Wildman–Crippen MR) is 74.2 cm³/mol. The number of methoxy groups -OCH3 is 1. The smallest absolute Gasteiger partial charge is 0.356 e. The predicted octanol–water partition coefficient (Wildman–Crippen LogP) is 1.43. The lowest BCUT2D eigenvalue weighted by molar-refractivity contribution is 0.0594. The largest absolute Gasteiger partial charge is 0.464 e. The number of piperidine rings is 1. The van der Waals surface area contributed by atoms with Gasteiger partial charge >= 0.3 is 5.97 Å². The molecule has 0 bridgehead atoms. The number of esters is 1. The molecule has 2 rings (SSSR count). The fourth-order valence-corrected chi connectivity index (χ4v) is 2.60. The van der Waals surface area contributed by atoms with Gasteiger partial charge in [-0.2, -0.15) is 0 Å². The van der Waals surface area contributed by atoms with Crippen LogP contribution >= 0.6 is 0 Å². The number of nitrogens with zero attached hydrogens (tertiary/aromatic N) is 2. The maximum absolute atomic E-state index is 11.5. The Labute approximate surface area is 113 Å². The van der Waals surface area contributed by atoms with Gasteiger partial charge in [0.2, 0.25) is 0 Å². The van der Waals surface area contributed by atoms with Gasteiger partial charge in [0.05, 0.1) is 7.11 Å². The molecule has 0 spiro atoms. The molecule has 1 aliphatic heterocycles. The van der Waals surface area contributed by atoms with Crippen LogP contribution in [0.2, 0.25) is 0 Å². The summed E-state index contributed by atoms with van der Waals surface area (Å²) in [7, 11) is 1.37. The van der Waals surface area contributed by atoms with E-state index in [1.165, 1.54) is 20.0 Å². The van der Waals surface area contributed by atoms with Crippen molar-refractivity contribution in [3.8, 4) is 0 Å². The van der Waals surface area contributed by atoms with Gasteiger partial charge < -0.3 is 15.4 Å². The molecule has 104 valence electrons. The Kier molecular flexibility index (Phi) is 4.74. The average Bonchev–Trinajstić information content (AvgIpc) is 2.47. The number of hydrogen-bond donors (Lipinski definition) is 1. The van der Waals surface area contributed by atoms with Crippen LogP contribution in [-0.2, 0) is 4.74 Å². The Morgan fingerprint density at radius 1 is 1.63 bits per heavy atom. The highest BCUT2D eigenvalue weighted by atomic mass is 16.5. The van der Waals surface area contributed by atoms with E-state index in [-0.39, 0.29) is 0 Å². The summed E-state index contributed by atoms with van der Waals surface area (Å²) in [5, 5.41) is 0. The zero-order chi connectivity index (χ0) is 13.7. The highest BCUT2D eigenvalue weighted by Crippen LogP contribution is 2.24. The molecule has 2 N–H and O–H groups in total. The molecular formula is C14H21N3O2. The van der Waals surface area contributed by atoms with Crippen molar-refractivity contribution in [2.24, 2.45) is 11.7 Å². The van der Waals surface area contributed by atoms with Gasteiger partial charge in [-0.05, 0) is 43.9 Å². The van der Waals surface area contributed by atoms with Gasteiger partial charge in [0.1, 0.15) is 5.69 Å². The van der Waals surface area contributed by atoms with Crippen molar-refractivity contribution in [3.63, 3.8) is 0 Å². The minimum absolute atomic E-state index is 0.362. The molecule has 1 saturated heterocycles. The van der Waals surface area contributed by atoms with Crippen molar-refractivity contribution >= 4 is 11.7 Å². The lowest BCUT2D eigenvalue weighted by atomic mass is 9.94. The molecule has 1 fully saturated rings. The summed E-state index contributed by atoms with van der Waals surface area (Å²) in [5.74, 6) is 0.255. The molecule has 1 unspecified atom stereocenters. The zero-order valence-corrected chi connectivity index (χ0v) is 11.3. The molecule has 0 saturated carbocycles. The molecule has 0 aliphatic carbocycles. The number of aromatic nitrogens is 1. The van der Waals surface area contributed by atoms with Crippen LogP contribution in [0.3, 0.4) is 0 Å². The summed E-state index contributed by atoms with van der Waals surface area (Å²) >= 11 is 0. The molecular weight excluding hydrogens is 242 g/mol. The normalized spacial score (nSPS) is 19.3. The van der Waals surface area contributed by atoms with E-state index in [0.717, 1.165) is 31.7 Å². The fourth-order valence-electron chi connectivity index (χ4n) is 2.60. The zero-order valence-electron chi connectivity index (χ0n) is 11.3. The van der Waals surface area contributed by atoms with Gasteiger partial charge in [-0.1, -0.05) is 0 Å². The maximum atomic E-state index is 11.5. The van der Waals surface area contributed by atoms with Crippen LogP contribution in [0.1, 0.15) is 29.8 Å². The fraction of sp³-hybridized carbons (Fsp3) is 0.571. The molecule has 19 heavy (non-hydrogen) atoms. The van der Waals surface area contributed by atoms with Gasteiger partial charge in [0.25, 0.3) is 0 Å². The average molecular weight is 263 g/mol. The van der Waals surface area contributed by atoms with E-state index in [4.69, 9.17) is 10.5 Å². The van der Waals surface area contributed by atoms with Crippen LogP contribution in [0.4, 0.5) is 5.69 Å². The first kappa shape index (κ1) is 13.8. The second-order valence-corrected chi connectivity index (χ2v) is 4.92. The molecule has 0 radical (unpaired) electrons. The highest BCUT2D eigenvalue weighted by molar-refractivity contribution is 5.88. The molecule has 1 aromatic rings. The van der Waals surface area contributed by atoms with Crippen LogP contribution in [-0.4, -0.2) is 37.7 Å². The summed E-state index contributed by atoms with van der Waals surface area (Å²) in [6.07, 6.45) is 5.13. The number of carbonyl (C=O) groups is 1. The van der Waals surface area contributed by atoms with E-state index in [0.29, 0.717) is 11.6 Å². The second kappa shape index (κ2) is 6.52. The Morgan fingerprint density at radius 3 is 3.21 bits per heavy atom. The Morgan fingerprint density at radius 2 is 2.47 bits per heavy atom. The summed E-state index contributed by atoms with van der Waals surface area (Å²) in [6, 6.07) is 3.74. The van der Waals surface area contributed by atoms with Crippen molar-refractivity contribution in [2.45, 2.75) is 19.3 Å². The molecule has 2 heterocycles. The topological polar surface area (TPSA) is 68.5 Å². The van der Waals surface area contributed by atoms with Gasteiger partial charge in [-0.15, -0.1) is 0 Å². The van der Waals surface area contributed by atoms with E-state index in [1.54, 1.807) is 12.3 Å². The van der Waals surface area contributed by atoms with Crippen molar-refractivity contribution in [2.75, 3.05) is 31.6 Å². The van der Waals surface area contributed by atoms with Gasteiger partial charge in [0, 0.05) is 25.0 Å². The first-order valence-electron chi connectivity index (χ1n) is 6.74. The van der Waals surface area contributed by atoms with Crippen LogP contribution in [0.5, 0.6) is 0 Å². The Bertz CT molecular complexity index is 434. The van der Waals surface area contributed by atoms with Crippen LogP contribution < -0.4 is 10.6 Å². The SMILES string of the molecule is COC(=O)c1cc(N2CCCC(CCN)C2)ccn1. The van der Waals surface area contributed by atoms with Crippen molar-refractivity contribution in [1.82, 2.24) is 4.98 Å². The minimum Gasteiger partial charge on any atom is -0.464 e. The number of pyridine rings is 1. The molecule has 0 aromatic carbocycles. The lowest BCUT2D eigenvalue weighted by Gasteiger charge is -2.34. The van der Waals surface area contributed by atoms with Crippen LogP contribution in [0, 0.1) is 5.92 Å². The second-order valence-electron chi connectivity index (χ2n) is 4.92. The van der Waals surface area contributed by atoms with Crippen molar-refractivity contribution in [3.05, 3.63) is 24.0 Å². The maximum Gasteiger partial charge on any atom is 0.356 e. The highest BCUT2D eigenvalue weighted by Gasteiger charge is 2.20. The third kappa shape index (κ3) is 3.44. The Hall–Kier alpha value is -1.62. The number of rotatable bonds is 4. The lowest BCUT2D eigenvalue weighted by Crippen LogP contribution is -2.36. The minimum atomic E-state index is -0.391. The molecule has 1 atom stereocenters. The van der Waals surface area contributed by atoms with E-state index in [9.17, 15) is 4.79 Å². The molecule has 1 aliphatic rings. The quantitative estimate of drug-likeness (QED) is 0.832. The first-order valence-corrected chi connectivity index (χ1v) is 6.74. The summed E-state index contributed by atoms with van der Waals surface area (Å²) < 4.78 is 4.70. The van der Waals surface area contributed by atoms with Crippen molar-refractivity contribution in [1.29, 1.82) is 0 Å². The van der Waals surface area contributed by atoms with Gasteiger partial charge in [0.15, 0.2) is 0 Å². The summed E-state index contributed by atoms with van der Waals surface area (Å²) in [5.41, 5.74) is 7.04. The standard InChI is InChI=1S/C14H21N3O2/c1-19-14(18)13-9-12(5-7-16-13)17-8-2-3-11(10-17)4-6-15/h5,7,9,11H,2-4,6,8,10,15H2,1H3.